The fourth-order valence-corrected chi connectivity index (χ4v) is 7.54. The number of sulfonamides is 1. The Hall–Kier alpha value is -2.23. The third-order valence-electron chi connectivity index (χ3n) is 6.07. The number of anilines is 1. The fraction of sp³-hybridized carbons (Fsp3) is 0.435. The maximum Gasteiger partial charge on any atom is 0.259 e. The number of piperidine rings is 1. The molecule has 2 aliphatic heterocycles. The van der Waals surface area contributed by atoms with Gasteiger partial charge in [-0.1, -0.05) is 25.5 Å². The monoisotopic (exact) mass is 476 g/mol. The molecule has 0 N–H and O–H groups in total. The topological polar surface area (TPSA) is 91.8 Å². The zero-order valence-electron chi connectivity index (χ0n) is 18.2. The van der Waals surface area contributed by atoms with E-state index in [9.17, 15) is 21.6 Å². The second kappa shape index (κ2) is 8.96. The Labute approximate surface area is 190 Å². The summed E-state index contributed by atoms with van der Waals surface area (Å²) in [7, 11) is -7.12. The van der Waals surface area contributed by atoms with Crippen molar-refractivity contribution in [2.75, 3.05) is 30.3 Å². The summed E-state index contributed by atoms with van der Waals surface area (Å²) in [4.78, 5) is 15.2. The summed E-state index contributed by atoms with van der Waals surface area (Å²) in [5.41, 5.74) is 1.57. The highest BCUT2D eigenvalue weighted by Crippen LogP contribution is 2.33. The Kier molecular flexibility index (Phi) is 6.42. The molecule has 1 saturated heterocycles. The highest BCUT2D eigenvalue weighted by atomic mass is 32.2. The minimum absolute atomic E-state index is 0.0222. The van der Waals surface area contributed by atoms with E-state index in [1.165, 1.54) is 16.4 Å². The Morgan fingerprint density at radius 1 is 0.938 bits per heavy atom. The molecule has 7 nitrogen and oxygen atoms in total. The van der Waals surface area contributed by atoms with Crippen LogP contribution in [0.15, 0.2) is 52.3 Å². The highest BCUT2D eigenvalue weighted by Gasteiger charge is 2.32. The summed E-state index contributed by atoms with van der Waals surface area (Å²) < 4.78 is 52.9. The maximum absolute atomic E-state index is 13.3. The van der Waals surface area contributed by atoms with E-state index in [-0.39, 0.29) is 27.0 Å². The normalized spacial score (nSPS) is 17.3. The van der Waals surface area contributed by atoms with Crippen molar-refractivity contribution in [2.45, 2.75) is 48.8 Å². The van der Waals surface area contributed by atoms with Crippen molar-refractivity contribution in [3.05, 3.63) is 53.6 Å². The van der Waals surface area contributed by atoms with Gasteiger partial charge < -0.3 is 4.90 Å². The van der Waals surface area contributed by atoms with Crippen LogP contribution in [0, 0.1) is 0 Å². The van der Waals surface area contributed by atoms with Gasteiger partial charge in [0.1, 0.15) is 0 Å². The smallest absolute Gasteiger partial charge is 0.259 e. The molecular weight excluding hydrogens is 448 g/mol. The van der Waals surface area contributed by atoms with Crippen LogP contribution in [0.3, 0.4) is 0 Å². The number of sulfone groups is 1. The summed E-state index contributed by atoms with van der Waals surface area (Å²) in [5.74, 6) is -0.406. The van der Waals surface area contributed by atoms with Gasteiger partial charge in [-0.3, -0.25) is 4.79 Å². The number of hydrogen-bond donors (Lipinski definition) is 0. The molecule has 0 aromatic heterocycles. The van der Waals surface area contributed by atoms with Crippen LogP contribution in [0.5, 0.6) is 0 Å². The van der Waals surface area contributed by atoms with Crippen LogP contribution in [0.2, 0.25) is 0 Å². The molecule has 0 aliphatic carbocycles. The van der Waals surface area contributed by atoms with E-state index in [1.54, 1.807) is 42.2 Å². The highest BCUT2D eigenvalue weighted by molar-refractivity contribution is 7.91. The number of hydrogen-bond acceptors (Lipinski definition) is 5. The molecule has 2 aromatic carbocycles. The van der Waals surface area contributed by atoms with Gasteiger partial charge in [-0.25, -0.2) is 16.8 Å². The molecule has 1 fully saturated rings. The molecule has 1 amide bonds. The largest absolute Gasteiger partial charge is 0.308 e. The average Bonchev–Trinajstić information content (AvgIpc) is 3.22. The van der Waals surface area contributed by atoms with Gasteiger partial charge in [0.2, 0.25) is 10.0 Å². The fourth-order valence-electron chi connectivity index (χ4n) is 4.44. The Bertz CT molecular complexity index is 1230. The van der Waals surface area contributed by atoms with Crippen molar-refractivity contribution in [2.24, 2.45) is 0 Å². The maximum atomic E-state index is 13.3. The molecule has 0 unspecified atom stereocenters. The lowest BCUT2D eigenvalue weighted by atomic mass is 10.1. The van der Waals surface area contributed by atoms with Crippen LogP contribution in [0.25, 0.3) is 0 Å². The first-order valence-electron chi connectivity index (χ1n) is 11.0. The van der Waals surface area contributed by atoms with E-state index in [4.69, 9.17) is 0 Å². The molecule has 0 atom stereocenters. The van der Waals surface area contributed by atoms with Gasteiger partial charge >= 0.3 is 0 Å². The third kappa shape index (κ3) is 4.21. The molecule has 172 valence electrons. The lowest BCUT2D eigenvalue weighted by Gasteiger charge is -2.26. The van der Waals surface area contributed by atoms with Crippen LogP contribution in [0.1, 0.15) is 48.5 Å². The predicted molar refractivity (Wildman–Crippen MR) is 123 cm³/mol. The van der Waals surface area contributed by atoms with Gasteiger partial charge in [-0.15, -0.1) is 0 Å². The Morgan fingerprint density at radius 2 is 1.66 bits per heavy atom. The molecule has 0 radical (unpaired) electrons. The van der Waals surface area contributed by atoms with Crippen molar-refractivity contribution < 1.29 is 21.6 Å². The van der Waals surface area contributed by atoms with Crippen molar-refractivity contribution in [1.29, 1.82) is 0 Å². The van der Waals surface area contributed by atoms with Gasteiger partial charge in [0.05, 0.1) is 21.1 Å². The molecule has 9 heteroatoms. The second-order valence-electron chi connectivity index (χ2n) is 8.28. The van der Waals surface area contributed by atoms with Gasteiger partial charge in [0.15, 0.2) is 9.84 Å². The number of rotatable bonds is 6. The SMILES string of the molecule is CCCS(=O)(=O)c1ccccc1C(=O)N1CCc2cc(S(=O)(=O)N3CCCCC3)ccc21. The first-order valence-corrected chi connectivity index (χ1v) is 14.1. The molecule has 2 aromatic rings. The number of carbonyl (C=O) groups is 1. The average molecular weight is 477 g/mol. The number of carbonyl (C=O) groups excluding carboxylic acids is 1. The van der Waals surface area contributed by atoms with Crippen molar-refractivity contribution in [3.63, 3.8) is 0 Å². The summed E-state index contributed by atoms with van der Waals surface area (Å²) >= 11 is 0. The van der Waals surface area contributed by atoms with Gasteiger partial charge in [-0.05, 0) is 61.6 Å². The van der Waals surface area contributed by atoms with Crippen LogP contribution in [0.4, 0.5) is 5.69 Å². The Balaban J connectivity index is 1.65. The molecule has 2 aliphatic rings. The van der Waals surface area contributed by atoms with Gasteiger partial charge in [-0.2, -0.15) is 4.31 Å². The molecule has 0 bridgehead atoms. The lowest BCUT2D eigenvalue weighted by molar-refractivity contribution is 0.0986. The predicted octanol–water partition coefficient (Wildman–Crippen LogP) is 3.25. The number of nitrogens with zero attached hydrogens (tertiary/aromatic N) is 2. The van der Waals surface area contributed by atoms with Gasteiger partial charge in [0, 0.05) is 25.3 Å². The molecular formula is C23H28N2O5S2. The number of fused-ring (bicyclic) bond motifs is 1. The first-order chi connectivity index (χ1) is 15.3. The van der Waals surface area contributed by atoms with E-state index >= 15 is 0 Å². The summed E-state index contributed by atoms with van der Waals surface area (Å²) in [6.45, 7) is 3.23. The van der Waals surface area contributed by atoms with Crippen molar-refractivity contribution >= 4 is 31.5 Å². The quantitative estimate of drug-likeness (QED) is 0.638. The van der Waals surface area contributed by atoms with E-state index in [0.29, 0.717) is 38.2 Å². The van der Waals surface area contributed by atoms with Crippen LogP contribution in [-0.2, 0) is 26.3 Å². The van der Waals surface area contributed by atoms with Crippen molar-refractivity contribution in [1.82, 2.24) is 4.31 Å². The van der Waals surface area contributed by atoms with Crippen LogP contribution >= 0.6 is 0 Å². The summed E-state index contributed by atoms with van der Waals surface area (Å²) in [6, 6.07) is 11.2. The molecule has 4 rings (SSSR count). The van der Waals surface area contributed by atoms with Gasteiger partial charge in [0.25, 0.3) is 5.91 Å². The van der Waals surface area contributed by atoms with Crippen molar-refractivity contribution in [3.8, 4) is 0 Å². The Morgan fingerprint density at radius 3 is 2.38 bits per heavy atom. The molecule has 0 spiro atoms. The van der Waals surface area contributed by atoms with Crippen LogP contribution < -0.4 is 4.90 Å². The first kappa shape index (κ1) is 22.9. The van der Waals surface area contributed by atoms with Crippen LogP contribution in [-0.4, -0.2) is 52.4 Å². The molecule has 32 heavy (non-hydrogen) atoms. The third-order valence-corrected chi connectivity index (χ3v) is 9.94. The summed E-state index contributed by atoms with van der Waals surface area (Å²) in [6.07, 6.45) is 3.77. The summed E-state index contributed by atoms with van der Waals surface area (Å²) in [5, 5.41) is 0. The number of amides is 1. The van der Waals surface area contributed by atoms with E-state index in [2.05, 4.69) is 0 Å². The minimum atomic E-state index is -3.56. The standard InChI is InChI=1S/C23H28N2O5S2/c1-2-16-31(27,28)22-9-5-4-8-20(22)23(26)25-15-12-18-17-19(10-11-21(18)25)32(29,30)24-13-6-3-7-14-24/h4-5,8-11,17H,2-3,6-7,12-16H2,1H3. The minimum Gasteiger partial charge on any atom is -0.308 e. The zero-order chi connectivity index (χ0) is 22.9. The molecule has 2 heterocycles. The molecule has 0 saturated carbocycles. The van der Waals surface area contributed by atoms with E-state index in [1.807, 2.05) is 0 Å². The zero-order valence-corrected chi connectivity index (χ0v) is 19.8. The number of benzene rings is 2. The lowest BCUT2D eigenvalue weighted by Crippen LogP contribution is -2.35. The second-order valence-corrected chi connectivity index (χ2v) is 12.3. The van der Waals surface area contributed by atoms with E-state index < -0.39 is 19.9 Å². The van der Waals surface area contributed by atoms with E-state index in [0.717, 1.165) is 24.8 Å².